The van der Waals surface area contributed by atoms with E-state index in [0.29, 0.717) is 0 Å². The van der Waals surface area contributed by atoms with Crippen LogP contribution in [0.3, 0.4) is 0 Å². The highest BCUT2D eigenvalue weighted by Crippen LogP contribution is 2.30. The molecule has 1 aliphatic heterocycles. The largest absolute Gasteiger partial charge is 0.329 e. The van der Waals surface area contributed by atoms with Gasteiger partial charge < -0.3 is 5.73 Å². The Hall–Kier alpha value is -0.860. The van der Waals surface area contributed by atoms with Gasteiger partial charge in [-0.1, -0.05) is 44.5 Å². The van der Waals surface area contributed by atoms with E-state index in [1.165, 1.54) is 30.4 Å². The molecule has 2 nitrogen and oxygen atoms in total. The maximum atomic E-state index is 6.11. The number of benzene rings is 1. The summed E-state index contributed by atoms with van der Waals surface area (Å²) in [6, 6.07) is 8.84. The van der Waals surface area contributed by atoms with Crippen molar-refractivity contribution < 1.29 is 0 Å². The molecular formula is C16H26N2. The lowest BCUT2D eigenvalue weighted by atomic mass is 9.85. The minimum Gasteiger partial charge on any atom is -0.329 e. The molecule has 0 amide bonds. The van der Waals surface area contributed by atoms with Gasteiger partial charge in [-0.15, -0.1) is 0 Å². The zero-order valence-electron chi connectivity index (χ0n) is 11.8. The van der Waals surface area contributed by atoms with Gasteiger partial charge in [-0.25, -0.2) is 0 Å². The van der Waals surface area contributed by atoms with Gasteiger partial charge in [0.2, 0.25) is 0 Å². The minimum absolute atomic E-state index is 0.211. The van der Waals surface area contributed by atoms with Crippen molar-refractivity contribution in [2.24, 2.45) is 5.73 Å². The molecule has 1 aromatic carbocycles. The van der Waals surface area contributed by atoms with Crippen molar-refractivity contribution in [1.82, 2.24) is 4.90 Å². The molecule has 0 saturated heterocycles. The van der Waals surface area contributed by atoms with Gasteiger partial charge in [0.1, 0.15) is 0 Å². The highest BCUT2D eigenvalue weighted by atomic mass is 15.2. The van der Waals surface area contributed by atoms with Crippen molar-refractivity contribution in [3.63, 3.8) is 0 Å². The molecular weight excluding hydrogens is 220 g/mol. The van der Waals surface area contributed by atoms with E-state index in [9.17, 15) is 0 Å². The Labute approximate surface area is 111 Å². The van der Waals surface area contributed by atoms with E-state index in [-0.39, 0.29) is 5.54 Å². The van der Waals surface area contributed by atoms with Crippen LogP contribution in [0.4, 0.5) is 0 Å². The van der Waals surface area contributed by atoms with E-state index in [0.717, 1.165) is 26.1 Å². The Morgan fingerprint density at radius 2 is 1.94 bits per heavy atom. The molecule has 18 heavy (non-hydrogen) atoms. The number of hydrogen-bond donors (Lipinski definition) is 1. The SMILES string of the molecule is CCCC(CC)(CN)N1CCc2ccccc2C1. The molecule has 0 radical (unpaired) electrons. The van der Waals surface area contributed by atoms with Crippen LogP contribution in [0.1, 0.15) is 44.2 Å². The van der Waals surface area contributed by atoms with Crippen molar-refractivity contribution in [3.05, 3.63) is 35.4 Å². The van der Waals surface area contributed by atoms with Crippen molar-refractivity contribution >= 4 is 0 Å². The molecule has 100 valence electrons. The quantitative estimate of drug-likeness (QED) is 0.865. The van der Waals surface area contributed by atoms with E-state index in [4.69, 9.17) is 5.73 Å². The topological polar surface area (TPSA) is 29.3 Å². The molecule has 0 bridgehead atoms. The maximum Gasteiger partial charge on any atom is 0.0332 e. The molecule has 1 heterocycles. The van der Waals surface area contributed by atoms with Gasteiger partial charge in [0, 0.05) is 25.2 Å². The fraction of sp³-hybridized carbons (Fsp3) is 0.625. The molecule has 1 aromatic rings. The third-order valence-corrected chi connectivity index (χ3v) is 4.55. The van der Waals surface area contributed by atoms with Gasteiger partial charge in [0.25, 0.3) is 0 Å². The third-order valence-electron chi connectivity index (χ3n) is 4.55. The molecule has 0 spiro atoms. The summed E-state index contributed by atoms with van der Waals surface area (Å²) in [5, 5.41) is 0. The lowest BCUT2D eigenvalue weighted by Gasteiger charge is -2.45. The number of nitrogens with zero attached hydrogens (tertiary/aromatic N) is 1. The number of hydrogen-bond acceptors (Lipinski definition) is 2. The van der Waals surface area contributed by atoms with E-state index in [1.54, 1.807) is 0 Å². The lowest BCUT2D eigenvalue weighted by Crippen LogP contribution is -2.54. The van der Waals surface area contributed by atoms with Gasteiger partial charge in [0.05, 0.1) is 0 Å². The van der Waals surface area contributed by atoms with E-state index >= 15 is 0 Å². The molecule has 0 saturated carbocycles. The van der Waals surface area contributed by atoms with Crippen LogP contribution >= 0.6 is 0 Å². The monoisotopic (exact) mass is 246 g/mol. The first kappa shape index (κ1) is 13.6. The third kappa shape index (κ3) is 2.45. The van der Waals surface area contributed by atoms with Gasteiger partial charge >= 0.3 is 0 Å². The van der Waals surface area contributed by atoms with Crippen LogP contribution in [-0.4, -0.2) is 23.5 Å². The highest BCUT2D eigenvalue weighted by Gasteiger charge is 2.34. The second-order valence-corrected chi connectivity index (χ2v) is 5.47. The first-order valence-corrected chi connectivity index (χ1v) is 7.27. The molecule has 0 fully saturated rings. The minimum atomic E-state index is 0.211. The number of fused-ring (bicyclic) bond motifs is 1. The van der Waals surface area contributed by atoms with Crippen LogP contribution in [0.2, 0.25) is 0 Å². The van der Waals surface area contributed by atoms with E-state index in [2.05, 4.69) is 43.0 Å². The van der Waals surface area contributed by atoms with Crippen molar-refractivity contribution in [2.75, 3.05) is 13.1 Å². The normalized spacial score (nSPS) is 19.3. The van der Waals surface area contributed by atoms with Crippen molar-refractivity contribution in [1.29, 1.82) is 0 Å². The molecule has 0 aliphatic carbocycles. The Balaban J connectivity index is 2.20. The first-order valence-electron chi connectivity index (χ1n) is 7.27. The molecule has 2 heteroatoms. The smallest absolute Gasteiger partial charge is 0.0332 e. The molecule has 1 unspecified atom stereocenters. The fourth-order valence-corrected chi connectivity index (χ4v) is 3.30. The first-order chi connectivity index (χ1) is 8.75. The van der Waals surface area contributed by atoms with Crippen LogP contribution in [0.25, 0.3) is 0 Å². The molecule has 2 N–H and O–H groups in total. The fourth-order valence-electron chi connectivity index (χ4n) is 3.30. The summed E-state index contributed by atoms with van der Waals surface area (Å²) < 4.78 is 0. The van der Waals surface area contributed by atoms with Gasteiger partial charge in [-0.2, -0.15) is 0 Å². The van der Waals surface area contributed by atoms with Gasteiger partial charge in [0.15, 0.2) is 0 Å². The van der Waals surface area contributed by atoms with E-state index in [1.807, 2.05) is 0 Å². The summed E-state index contributed by atoms with van der Waals surface area (Å²) in [6.45, 7) is 7.55. The molecule has 0 aromatic heterocycles. The van der Waals surface area contributed by atoms with Crippen molar-refractivity contribution in [2.45, 2.75) is 51.6 Å². The Bertz CT molecular complexity index is 382. The summed E-state index contributed by atoms with van der Waals surface area (Å²) in [4.78, 5) is 2.62. The standard InChI is InChI=1S/C16H26N2/c1-3-10-16(4-2,13-17)18-11-9-14-7-5-6-8-15(14)12-18/h5-8H,3-4,9-13,17H2,1-2H3. The molecule has 1 aliphatic rings. The average molecular weight is 246 g/mol. The predicted octanol–water partition coefficient (Wildman–Crippen LogP) is 2.95. The Morgan fingerprint density at radius 3 is 2.56 bits per heavy atom. The van der Waals surface area contributed by atoms with Crippen LogP contribution in [0, 0.1) is 0 Å². The second-order valence-electron chi connectivity index (χ2n) is 5.47. The maximum absolute atomic E-state index is 6.11. The van der Waals surface area contributed by atoms with E-state index < -0.39 is 0 Å². The average Bonchev–Trinajstić information content (AvgIpc) is 2.44. The summed E-state index contributed by atoms with van der Waals surface area (Å²) >= 11 is 0. The zero-order chi connectivity index (χ0) is 13.0. The zero-order valence-corrected chi connectivity index (χ0v) is 11.8. The Morgan fingerprint density at radius 1 is 1.22 bits per heavy atom. The van der Waals surface area contributed by atoms with Crippen LogP contribution < -0.4 is 5.73 Å². The van der Waals surface area contributed by atoms with Crippen LogP contribution in [0.5, 0.6) is 0 Å². The molecule has 2 rings (SSSR count). The second kappa shape index (κ2) is 5.85. The lowest BCUT2D eigenvalue weighted by molar-refractivity contribution is 0.0660. The van der Waals surface area contributed by atoms with Gasteiger partial charge in [-0.3, -0.25) is 4.90 Å². The summed E-state index contributed by atoms with van der Waals surface area (Å²) in [6.07, 6.45) is 4.74. The number of rotatable bonds is 5. The van der Waals surface area contributed by atoms with Crippen LogP contribution in [-0.2, 0) is 13.0 Å². The summed E-state index contributed by atoms with van der Waals surface area (Å²) in [5.74, 6) is 0. The number of nitrogens with two attached hydrogens (primary N) is 1. The highest BCUT2D eigenvalue weighted by molar-refractivity contribution is 5.29. The van der Waals surface area contributed by atoms with Crippen molar-refractivity contribution in [3.8, 4) is 0 Å². The predicted molar refractivity (Wildman–Crippen MR) is 77.5 cm³/mol. The molecule has 1 atom stereocenters. The summed E-state index contributed by atoms with van der Waals surface area (Å²) in [5.41, 5.74) is 9.34. The van der Waals surface area contributed by atoms with Crippen LogP contribution in [0.15, 0.2) is 24.3 Å². The van der Waals surface area contributed by atoms with Gasteiger partial charge in [-0.05, 0) is 30.4 Å². The Kier molecular flexibility index (Phi) is 4.41. The summed E-state index contributed by atoms with van der Waals surface area (Å²) in [7, 11) is 0.